The van der Waals surface area contributed by atoms with E-state index in [-0.39, 0.29) is 18.7 Å². The molecule has 11 heteroatoms. The molecule has 0 aliphatic heterocycles. The van der Waals surface area contributed by atoms with Crippen LogP contribution in [0.15, 0.2) is 5.11 Å². The molecule has 0 saturated carbocycles. The van der Waals surface area contributed by atoms with Crippen LogP contribution in [-0.2, 0) is 24.1 Å². The SMILES string of the molecule is CC(C)(C)OC(=O)[C@@H](N=[N+]=[N-])[C@H](CCCCl)OS(=O)(=O)O. The zero-order chi connectivity index (χ0) is 16.7. The molecule has 0 bridgehead atoms. The number of carbonyl (C=O) groups is 1. The first-order valence-corrected chi connectivity index (χ1v) is 7.89. The van der Waals surface area contributed by atoms with E-state index in [0.29, 0.717) is 0 Å². The molecule has 9 nitrogen and oxygen atoms in total. The molecule has 0 aromatic carbocycles. The standard InChI is InChI=1S/C10H18ClN3O6S/c1-10(2,3)19-9(15)8(13-14-12)7(5-4-6-11)20-21(16,17)18/h7-8H,4-6H2,1-3H3,(H,16,17,18)/t7-,8-/m0/s1. The Kier molecular flexibility index (Phi) is 7.98. The molecule has 0 rings (SSSR count). The molecule has 2 atom stereocenters. The highest BCUT2D eigenvalue weighted by Crippen LogP contribution is 2.18. The van der Waals surface area contributed by atoms with Crippen LogP contribution in [0, 0.1) is 0 Å². The van der Waals surface area contributed by atoms with Crippen molar-refractivity contribution in [1.29, 1.82) is 0 Å². The third kappa shape index (κ3) is 9.48. The van der Waals surface area contributed by atoms with Crippen LogP contribution in [0.1, 0.15) is 33.6 Å². The number of halogens is 1. The molecule has 1 N–H and O–H groups in total. The quantitative estimate of drug-likeness (QED) is 0.179. The minimum absolute atomic E-state index is 0.0216. The van der Waals surface area contributed by atoms with Crippen molar-refractivity contribution in [2.24, 2.45) is 5.11 Å². The second-order valence-corrected chi connectivity index (χ2v) is 6.50. The third-order valence-electron chi connectivity index (χ3n) is 2.04. The number of hydrogen-bond donors (Lipinski definition) is 1. The summed E-state index contributed by atoms with van der Waals surface area (Å²) in [5.41, 5.74) is 7.65. The van der Waals surface area contributed by atoms with Gasteiger partial charge in [-0.25, -0.2) is 4.18 Å². The number of nitrogens with zero attached hydrogens (tertiary/aromatic N) is 3. The lowest BCUT2D eigenvalue weighted by Gasteiger charge is -2.25. The first-order chi connectivity index (χ1) is 9.50. The third-order valence-corrected chi connectivity index (χ3v) is 2.80. The van der Waals surface area contributed by atoms with Gasteiger partial charge < -0.3 is 4.74 Å². The normalized spacial score (nSPS) is 14.9. The Bertz CT molecular complexity index is 497. The van der Waals surface area contributed by atoms with Gasteiger partial charge >= 0.3 is 16.4 Å². The zero-order valence-electron chi connectivity index (χ0n) is 11.9. The number of ether oxygens (including phenoxy) is 1. The fourth-order valence-electron chi connectivity index (χ4n) is 1.38. The van der Waals surface area contributed by atoms with Gasteiger partial charge in [0.2, 0.25) is 0 Å². The van der Waals surface area contributed by atoms with Gasteiger partial charge in [0.15, 0.2) is 6.04 Å². The van der Waals surface area contributed by atoms with Crippen molar-refractivity contribution in [3.63, 3.8) is 0 Å². The van der Waals surface area contributed by atoms with E-state index >= 15 is 0 Å². The Balaban J connectivity index is 5.30. The van der Waals surface area contributed by atoms with Crippen LogP contribution in [0.3, 0.4) is 0 Å². The van der Waals surface area contributed by atoms with Crippen LogP contribution >= 0.6 is 11.6 Å². The van der Waals surface area contributed by atoms with Crippen LogP contribution in [-0.4, -0.2) is 42.6 Å². The molecular formula is C10H18ClN3O6S. The molecule has 0 unspecified atom stereocenters. The van der Waals surface area contributed by atoms with Gasteiger partial charge in [0.05, 0.1) is 6.10 Å². The Morgan fingerprint density at radius 1 is 1.48 bits per heavy atom. The van der Waals surface area contributed by atoms with E-state index in [4.69, 9.17) is 26.4 Å². The summed E-state index contributed by atoms with van der Waals surface area (Å²) in [4.78, 5) is 14.4. The van der Waals surface area contributed by atoms with Crippen molar-refractivity contribution in [3.8, 4) is 0 Å². The minimum Gasteiger partial charge on any atom is -0.460 e. The first-order valence-electron chi connectivity index (χ1n) is 5.99. The van der Waals surface area contributed by atoms with E-state index in [9.17, 15) is 13.2 Å². The molecule has 0 saturated heterocycles. The molecule has 122 valence electrons. The highest BCUT2D eigenvalue weighted by molar-refractivity contribution is 7.80. The van der Waals surface area contributed by atoms with Crippen LogP contribution in [0.4, 0.5) is 0 Å². The average molecular weight is 344 g/mol. The maximum Gasteiger partial charge on any atom is 0.397 e. The number of rotatable bonds is 8. The summed E-state index contributed by atoms with van der Waals surface area (Å²) < 4.78 is 39.8. The molecule has 0 aromatic rings. The fraction of sp³-hybridized carbons (Fsp3) is 0.900. The van der Waals surface area contributed by atoms with E-state index < -0.39 is 34.1 Å². The second kappa shape index (κ2) is 8.40. The summed E-state index contributed by atoms with van der Waals surface area (Å²) in [6.45, 7) is 4.78. The van der Waals surface area contributed by atoms with Crippen molar-refractivity contribution in [2.75, 3.05) is 5.88 Å². The van der Waals surface area contributed by atoms with Gasteiger partial charge in [-0.2, -0.15) is 8.42 Å². The number of carbonyl (C=O) groups excluding carboxylic acids is 1. The molecular weight excluding hydrogens is 326 g/mol. The van der Waals surface area contributed by atoms with Gasteiger partial charge in [-0.15, -0.1) is 11.6 Å². The molecule has 0 radical (unpaired) electrons. The molecule has 0 aliphatic carbocycles. The summed E-state index contributed by atoms with van der Waals surface area (Å²) in [6.07, 6.45) is -1.14. The van der Waals surface area contributed by atoms with Gasteiger partial charge in [-0.1, -0.05) is 5.11 Å². The summed E-state index contributed by atoms with van der Waals surface area (Å²) >= 11 is 5.50. The Morgan fingerprint density at radius 3 is 2.43 bits per heavy atom. The predicted octanol–water partition coefficient (Wildman–Crippen LogP) is 2.21. The summed E-state index contributed by atoms with van der Waals surface area (Å²) in [5, 5.41) is 3.21. The molecule has 0 spiro atoms. The van der Waals surface area contributed by atoms with Gasteiger partial charge in [-0.05, 0) is 39.1 Å². The van der Waals surface area contributed by atoms with Crippen LogP contribution in [0.5, 0.6) is 0 Å². The molecule has 0 aliphatic rings. The molecule has 21 heavy (non-hydrogen) atoms. The van der Waals surface area contributed by atoms with E-state index in [1.54, 1.807) is 20.8 Å². The topological polar surface area (TPSA) is 139 Å². The molecule has 0 heterocycles. The van der Waals surface area contributed by atoms with Gasteiger partial charge in [-0.3, -0.25) is 9.35 Å². The number of azide groups is 1. The van der Waals surface area contributed by atoms with Crippen LogP contribution < -0.4 is 0 Å². The monoisotopic (exact) mass is 343 g/mol. The lowest BCUT2D eigenvalue weighted by Crippen LogP contribution is -2.40. The van der Waals surface area contributed by atoms with E-state index in [1.807, 2.05) is 0 Å². The van der Waals surface area contributed by atoms with Crippen molar-refractivity contribution >= 4 is 28.0 Å². The fourth-order valence-corrected chi connectivity index (χ4v) is 2.05. The summed E-state index contributed by atoms with van der Waals surface area (Å²) in [5.74, 6) is -0.786. The molecule has 0 amide bonds. The summed E-state index contributed by atoms with van der Waals surface area (Å²) in [7, 11) is -4.83. The number of hydrogen-bond acceptors (Lipinski definition) is 6. The average Bonchev–Trinajstić information content (AvgIpc) is 2.27. The van der Waals surface area contributed by atoms with Gasteiger partial charge in [0, 0.05) is 10.8 Å². The van der Waals surface area contributed by atoms with E-state index in [0.717, 1.165) is 0 Å². The van der Waals surface area contributed by atoms with Crippen molar-refractivity contribution in [2.45, 2.75) is 51.4 Å². The van der Waals surface area contributed by atoms with Gasteiger partial charge in [0.1, 0.15) is 5.60 Å². The predicted molar refractivity (Wildman–Crippen MR) is 75.2 cm³/mol. The van der Waals surface area contributed by atoms with Crippen LogP contribution in [0.2, 0.25) is 0 Å². The lowest BCUT2D eigenvalue weighted by atomic mass is 10.1. The molecule has 0 aromatic heterocycles. The molecule has 0 fully saturated rings. The van der Waals surface area contributed by atoms with Crippen LogP contribution in [0.25, 0.3) is 10.4 Å². The highest BCUT2D eigenvalue weighted by Gasteiger charge is 2.34. The van der Waals surface area contributed by atoms with E-state index in [1.165, 1.54) is 0 Å². The van der Waals surface area contributed by atoms with Crippen molar-refractivity contribution in [3.05, 3.63) is 10.4 Å². The largest absolute Gasteiger partial charge is 0.460 e. The van der Waals surface area contributed by atoms with Crippen molar-refractivity contribution in [1.82, 2.24) is 0 Å². The number of alkyl halides is 1. The Hall–Kier alpha value is -1.06. The lowest BCUT2D eigenvalue weighted by molar-refractivity contribution is -0.158. The van der Waals surface area contributed by atoms with E-state index in [2.05, 4.69) is 14.2 Å². The number of esters is 1. The second-order valence-electron chi connectivity index (χ2n) is 5.08. The van der Waals surface area contributed by atoms with Gasteiger partial charge in [0.25, 0.3) is 0 Å². The Labute approximate surface area is 128 Å². The highest BCUT2D eigenvalue weighted by atomic mass is 35.5. The minimum atomic E-state index is -4.83. The maximum atomic E-state index is 12.0. The smallest absolute Gasteiger partial charge is 0.397 e. The maximum absolute atomic E-state index is 12.0. The van der Waals surface area contributed by atoms with Crippen molar-refractivity contribution < 1.29 is 26.7 Å². The summed E-state index contributed by atoms with van der Waals surface area (Å²) in [6, 6.07) is -1.56. The first kappa shape index (κ1) is 19.9. The zero-order valence-corrected chi connectivity index (χ0v) is 13.5. The Morgan fingerprint density at radius 2 is 2.05 bits per heavy atom.